The third-order valence-corrected chi connectivity index (χ3v) is 3.81. The molecule has 1 fully saturated rings. The van der Waals surface area contributed by atoms with E-state index in [0.29, 0.717) is 0 Å². The van der Waals surface area contributed by atoms with Crippen LogP contribution in [0.25, 0.3) is 0 Å². The summed E-state index contributed by atoms with van der Waals surface area (Å²) in [5, 5.41) is 6.74. The molecule has 1 heterocycles. The van der Waals surface area contributed by atoms with Crippen LogP contribution in [0, 0.1) is 5.92 Å². The summed E-state index contributed by atoms with van der Waals surface area (Å²) in [7, 11) is 1.83. The van der Waals surface area contributed by atoms with Crippen LogP contribution in [0.1, 0.15) is 13.3 Å². The van der Waals surface area contributed by atoms with E-state index >= 15 is 0 Å². The van der Waals surface area contributed by atoms with Gasteiger partial charge in [-0.15, -0.1) is 0 Å². The van der Waals surface area contributed by atoms with Crippen LogP contribution in [0.2, 0.25) is 0 Å². The summed E-state index contributed by atoms with van der Waals surface area (Å²) >= 11 is 1.85. The summed E-state index contributed by atoms with van der Waals surface area (Å²) in [6, 6.07) is 0. The zero-order valence-corrected chi connectivity index (χ0v) is 12.1. The third-order valence-electron chi connectivity index (χ3n) is 3.20. The molecule has 1 aliphatic rings. The zero-order valence-electron chi connectivity index (χ0n) is 11.3. The highest BCUT2D eigenvalue weighted by atomic mass is 32.2. The fourth-order valence-electron chi connectivity index (χ4n) is 2.10. The highest BCUT2D eigenvalue weighted by Crippen LogP contribution is 2.14. The molecule has 17 heavy (non-hydrogen) atoms. The largest absolute Gasteiger partial charge is 0.356 e. The first-order chi connectivity index (χ1) is 8.30. The van der Waals surface area contributed by atoms with Crippen LogP contribution in [0.5, 0.6) is 0 Å². The number of thioether (sulfide) groups is 1. The van der Waals surface area contributed by atoms with Crippen molar-refractivity contribution in [1.82, 2.24) is 15.5 Å². The lowest BCUT2D eigenvalue weighted by molar-refractivity contribution is 0.342. The first kappa shape index (κ1) is 14.6. The second-order valence-electron chi connectivity index (χ2n) is 4.42. The van der Waals surface area contributed by atoms with Gasteiger partial charge in [0.05, 0.1) is 0 Å². The van der Waals surface area contributed by atoms with Crippen molar-refractivity contribution in [3.8, 4) is 0 Å². The van der Waals surface area contributed by atoms with Gasteiger partial charge in [-0.2, -0.15) is 11.8 Å². The van der Waals surface area contributed by atoms with Crippen LogP contribution in [0.4, 0.5) is 0 Å². The van der Waals surface area contributed by atoms with Crippen molar-refractivity contribution in [2.75, 3.05) is 51.8 Å². The standard InChI is InChI=1S/C12H26N4S/c1-4-16-7-5-11(10-16)9-15-12(13-2)14-6-8-17-3/h11H,4-10H2,1-3H3,(H2,13,14,15). The lowest BCUT2D eigenvalue weighted by atomic mass is 10.1. The summed E-state index contributed by atoms with van der Waals surface area (Å²) in [5.41, 5.74) is 0. The average molecular weight is 258 g/mol. The molecule has 0 aromatic rings. The van der Waals surface area contributed by atoms with E-state index in [4.69, 9.17) is 0 Å². The maximum Gasteiger partial charge on any atom is 0.191 e. The number of guanidine groups is 1. The first-order valence-electron chi connectivity index (χ1n) is 6.46. The highest BCUT2D eigenvalue weighted by Gasteiger charge is 2.20. The van der Waals surface area contributed by atoms with Crippen molar-refractivity contribution in [3.05, 3.63) is 0 Å². The fourth-order valence-corrected chi connectivity index (χ4v) is 2.41. The first-order valence-corrected chi connectivity index (χ1v) is 7.85. The minimum Gasteiger partial charge on any atom is -0.356 e. The molecule has 5 heteroatoms. The number of likely N-dealkylation sites (tertiary alicyclic amines) is 1. The molecule has 0 bridgehead atoms. The Bertz CT molecular complexity index is 233. The van der Waals surface area contributed by atoms with E-state index in [1.54, 1.807) is 0 Å². The zero-order chi connectivity index (χ0) is 12.5. The van der Waals surface area contributed by atoms with Crippen LogP contribution in [-0.2, 0) is 0 Å². The maximum absolute atomic E-state index is 4.23. The molecule has 2 N–H and O–H groups in total. The molecule has 0 radical (unpaired) electrons. The SMILES string of the molecule is CCN1CCC(CNC(=NC)NCCSC)C1. The predicted octanol–water partition coefficient (Wildman–Crippen LogP) is 0.856. The van der Waals surface area contributed by atoms with Crippen molar-refractivity contribution in [1.29, 1.82) is 0 Å². The monoisotopic (exact) mass is 258 g/mol. The number of nitrogens with zero attached hydrogens (tertiary/aromatic N) is 2. The Morgan fingerprint density at radius 1 is 1.47 bits per heavy atom. The molecule has 0 saturated carbocycles. The molecule has 0 aliphatic carbocycles. The van der Waals surface area contributed by atoms with Crippen molar-refractivity contribution >= 4 is 17.7 Å². The molecule has 0 aromatic carbocycles. The maximum atomic E-state index is 4.23. The normalized spacial score (nSPS) is 21.8. The molecular weight excluding hydrogens is 232 g/mol. The summed E-state index contributed by atoms with van der Waals surface area (Å²) in [6.07, 6.45) is 3.43. The van der Waals surface area contributed by atoms with Gasteiger partial charge in [0.1, 0.15) is 0 Å². The van der Waals surface area contributed by atoms with Crippen molar-refractivity contribution < 1.29 is 0 Å². The molecule has 1 rings (SSSR count). The quantitative estimate of drug-likeness (QED) is 0.421. The Labute approximate surface area is 110 Å². The van der Waals surface area contributed by atoms with Crippen LogP contribution in [0.15, 0.2) is 4.99 Å². The Morgan fingerprint density at radius 3 is 2.88 bits per heavy atom. The van der Waals surface area contributed by atoms with Crippen LogP contribution in [0.3, 0.4) is 0 Å². The van der Waals surface area contributed by atoms with Gasteiger partial charge in [-0.3, -0.25) is 4.99 Å². The van der Waals surface area contributed by atoms with Gasteiger partial charge >= 0.3 is 0 Å². The molecule has 100 valence electrons. The molecule has 0 aromatic heterocycles. The molecule has 4 nitrogen and oxygen atoms in total. The highest BCUT2D eigenvalue weighted by molar-refractivity contribution is 7.98. The van der Waals surface area contributed by atoms with Crippen molar-refractivity contribution in [2.45, 2.75) is 13.3 Å². The summed E-state index contributed by atoms with van der Waals surface area (Å²) in [6.45, 7) is 7.91. The van der Waals surface area contributed by atoms with Gasteiger partial charge in [0.15, 0.2) is 5.96 Å². The van der Waals surface area contributed by atoms with E-state index < -0.39 is 0 Å². The molecule has 1 unspecified atom stereocenters. The van der Waals surface area contributed by atoms with Crippen molar-refractivity contribution in [3.63, 3.8) is 0 Å². The lowest BCUT2D eigenvalue weighted by Gasteiger charge is -2.16. The average Bonchev–Trinajstić information content (AvgIpc) is 2.81. The van der Waals surface area contributed by atoms with E-state index in [-0.39, 0.29) is 0 Å². The molecule has 1 aliphatic heterocycles. The molecule has 0 amide bonds. The van der Waals surface area contributed by atoms with Crippen LogP contribution >= 0.6 is 11.8 Å². The number of aliphatic imine (C=N–C) groups is 1. The summed E-state index contributed by atoms with van der Waals surface area (Å²) < 4.78 is 0. The van der Waals surface area contributed by atoms with Crippen molar-refractivity contribution in [2.24, 2.45) is 10.9 Å². The van der Waals surface area contributed by atoms with Gasteiger partial charge in [0.25, 0.3) is 0 Å². The molecule has 1 saturated heterocycles. The third kappa shape index (κ3) is 5.64. The molecule has 1 atom stereocenters. The van der Waals surface area contributed by atoms with E-state index in [1.165, 1.54) is 26.1 Å². The van der Waals surface area contributed by atoms with E-state index in [1.807, 2.05) is 18.8 Å². The minimum atomic E-state index is 0.772. The Hall–Kier alpha value is -0.420. The number of nitrogens with one attached hydrogen (secondary N) is 2. The van der Waals surface area contributed by atoms with Gasteiger partial charge < -0.3 is 15.5 Å². The van der Waals surface area contributed by atoms with Crippen LogP contribution in [-0.4, -0.2) is 62.6 Å². The Morgan fingerprint density at radius 2 is 2.29 bits per heavy atom. The summed E-state index contributed by atoms with van der Waals surface area (Å²) in [5.74, 6) is 2.83. The smallest absolute Gasteiger partial charge is 0.191 e. The molecule has 0 spiro atoms. The molecular formula is C12H26N4S. The Kier molecular flexibility index (Phi) is 7.44. The minimum absolute atomic E-state index is 0.772. The van der Waals surface area contributed by atoms with E-state index in [9.17, 15) is 0 Å². The predicted molar refractivity (Wildman–Crippen MR) is 78.0 cm³/mol. The van der Waals surface area contributed by atoms with Gasteiger partial charge in [0, 0.05) is 32.4 Å². The van der Waals surface area contributed by atoms with Crippen LogP contribution < -0.4 is 10.6 Å². The number of hydrogen-bond acceptors (Lipinski definition) is 3. The van der Waals surface area contributed by atoms with Gasteiger partial charge in [-0.05, 0) is 31.7 Å². The van der Waals surface area contributed by atoms with Gasteiger partial charge in [0.2, 0.25) is 0 Å². The Balaban J connectivity index is 2.15. The van der Waals surface area contributed by atoms with E-state index in [0.717, 1.165) is 30.7 Å². The summed E-state index contributed by atoms with van der Waals surface area (Å²) in [4.78, 5) is 6.74. The lowest BCUT2D eigenvalue weighted by Crippen LogP contribution is -2.41. The van der Waals surface area contributed by atoms with Gasteiger partial charge in [-0.25, -0.2) is 0 Å². The topological polar surface area (TPSA) is 39.7 Å². The number of rotatable bonds is 6. The van der Waals surface area contributed by atoms with E-state index in [2.05, 4.69) is 33.7 Å². The second kappa shape index (κ2) is 8.64. The fraction of sp³-hybridized carbons (Fsp3) is 0.917. The number of hydrogen-bond donors (Lipinski definition) is 2. The van der Waals surface area contributed by atoms with Gasteiger partial charge in [-0.1, -0.05) is 6.92 Å². The second-order valence-corrected chi connectivity index (χ2v) is 5.41.